The molecule has 0 aliphatic rings. The van der Waals surface area contributed by atoms with Gasteiger partial charge >= 0.3 is 0 Å². The third-order valence-electron chi connectivity index (χ3n) is 3.05. The number of sulfonamides is 1. The molecule has 2 aromatic rings. The molecule has 0 aliphatic heterocycles. The molecule has 0 atom stereocenters. The van der Waals surface area contributed by atoms with Crippen molar-refractivity contribution < 1.29 is 13.2 Å². The second-order valence-electron chi connectivity index (χ2n) is 4.85. The highest BCUT2D eigenvalue weighted by atomic mass is 35.5. The number of hydrazine groups is 1. The Morgan fingerprint density at radius 3 is 2.32 bits per heavy atom. The van der Waals surface area contributed by atoms with E-state index in [9.17, 15) is 13.2 Å². The van der Waals surface area contributed by atoms with E-state index in [4.69, 9.17) is 34.8 Å². The molecule has 25 heavy (non-hydrogen) atoms. The van der Waals surface area contributed by atoms with Crippen LogP contribution in [0.25, 0.3) is 0 Å². The lowest BCUT2D eigenvalue weighted by Crippen LogP contribution is -2.30. The van der Waals surface area contributed by atoms with Gasteiger partial charge in [0, 0.05) is 17.1 Å². The van der Waals surface area contributed by atoms with Gasteiger partial charge in [-0.1, -0.05) is 47.8 Å². The van der Waals surface area contributed by atoms with E-state index in [2.05, 4.69) is 15.6 Å². The van der Waals surface area contributed by atoms with Gasteiger partial charge in [-0.2, -0.15) is 0 Å². The van der Waals surface area contributed by atoms with Crippen molar-refractivity contribution in [1.29, 1.82) is 0 Å². The van der Waals surface area contributed by atoms with Crippen molar-refractivity contribution in [3.63, 3.8) is 0 Å². The Bertz CT molecular complexity index is 881. The first-order chi connectivity index (χ1) is 11.7. The van der Waals surface area contributed by atoms with Crippen LogP contribution in [-0.2, 0) is 10.0 Å². The van der Waals surface area contributed by atoms with E-state index >= 15 is 0 Å². The molecule has 0 aliphatic carbocycles. The summed E-state index contributed by atoms with van der Waals surface area (Å²) in [5.74, 6) is -0.560. The Morgan fingerprint density at radius 2 is 1.72 bits per heavy atom. The largest absolute Gasteiger partial charge is 0.295 e. The summed E-state index contributed by atoms with van der Waals surface area (Å²) >= 11 is 17.8. The zero-order chi connectivity index (χ0) is 18.6. The van der Waals surface area contributed by atoms with E-state index in [0.717, 1.165) is 0 Å². The number of rotatable bonds is 6. The van der Waals surface area contributed by atoms with Gasteiger partial charge in [-0.15, -0.1) is 0 Å². The van der Waals surface area contributed by atoms with Gasteiger partial charge in [0.05, 0.1) is 20.6 Å². The zero-order valence-corrected chi connectivity index (χ0v) is 16.0. The second kappa shape index (κ2) is 8.25. The Balaban J connectivity index is 2.17. The van der Waals surface area contributed by atoms with Crippen molar-refractivity contribution in [2.75, 3.05) is 12.0 Å². The van der Waals surface area contributed by atoms with Gasteiger partial charge in [0.1, 0.15) is 0 Å². The molecule has 0 heterocycles. The highest BCUT2D eigenvalue weighted by Gasteiger charge is 2.16. The Labute approximate surface area is 160 Å². The normalized spacial score (nSPS) is 11.2. The first-order valence-corrected chi connectivity index (χ1v) is 9.67. The third-order valence-corrected chi connectivity index (χ3v) is 5.41. The molecule has 0 aromatic heterocycles. The molecule has 2 rings (SSSR count). The van der Waals surface area contributed by atoms with Crippen LogP contribution in [0.1, 0.15) is 17.3 Å². The van der Waals surface area contributed by atoms with Crippen LogP contribution in [0.5, 0.6) is 0 Å². The fourth-order valence-electron chi connectivity index (χ4n) is 1.93. The fourth-order valence-corrected chi connectivity index (χ4v) is 3.93. The summed E-state index contributed by atoms with van der Waals surface area (Å²) < 4.78 is 26.4. The summed E-state index contributed by atoms with van der Waals surface area (Å²) in [5.41, 5.74) is 5.44. The SMILES string of the molecule is CCNS(=O)(=O)c1cccc(C(=O)NNc2c(Cl)cc(Cl)cc2Cl)c1. The standard InChI is InChI=1S/C15H14Cl3N3O3S/c1-2-19-25(23,24)11-5-3-4-9(6-11)15(22)21-20-14-12(17)7-10(16)8-13(14)18/h3-8,19-20H,2H2,1H3,(H,21,22). The summed E-state index contributed by atoms with van der Waals surface area (Å²) in [7, 11) is -3.66. The average Bonchev–Trinajstić information content (AvgIpc) is 2.53. The maximum atomic E-state index is 12.2. The number of halogens is 3. The maximum absolute atomic E-state index is 12.2. The summed E-state index contributed by atoms with van der Waals surface area (Å²) in [6.45, 7) is 1.91. The molecule has 134 valence electrons. The minimum atomic E-state index is -3.66. The molecule has 10 heteroatoms. The molecule has 0 unspecified atom stereocenters. The first kappa shape index (κ1) is 19.8. The monoisotopic (exact) mass is 421 g/mol. The number of hydrogen-bond donors (Lipinski definition) is 3. The summed E-state index contributed by atoms with van der Waals surface area (Å²) in [6.07, 6.45) is 0. The molecular weight excluding hydrogens is 409 g/mol. The number of carbonyl (C=O) groups excluding carboxylic acids is 1. The van der Waals surface area contributed by atoms with E-state index < -0.39 is 15.9 Å². The maximum Gasteiger partial charge on any atom is 0.269 e. The smallest absolute Gasteiger partial charge is 0.269 e. The predicted molar refractivity (Wildman–Crippen MR) is 99.9 cm³/mol. The third kappa shape index (κ3) is 4.99. The minimum Gasteiger partial charge on any atom is -0.295 e. The van der Waals surface area contributed by atoms with Crippen LogP contribution < -0.4 is 15.6 Å². The predicted octanol–water partition coefficient (Wildman–Crippen LogP) is 3.70. The van der Waals surface area contributed by atoms with Crippen molar-refractivity contribution in [3.05, 3.63) is 57.0 Å². The molecule has 3 N–H and O–H groups in total. The lowest BCUT2D eigenvalue weighted by Gasteiger charge is -2.12. The summed E-state index contributed by atoms with van der Waals surface area (Å²) in [4.78, 5) is 12.2. The van der Waals surface area contributed by atoms with Gasteiger partial charge < -0.3 is 0 Å². The van der Waals surface area contributed by atoms with E-state index in [-0.39, 0.29) is 32.7 Å². The second-order valence-corrected chi connectivity index (χ2v) is 7.87. The van der Waals surface area contributed by atoms with Crippen LogP contribution in [0.3, 0.4) is 0 Å². The van der Waals surface area contributed by atoms with Crippen molar-refractivity contribution in [3.8, 4) is 0 Å². The average molecular weight is 423 g/mol. The molecule has 0 saturated carbocycles. The van der Waals surface area contributed by atoms with Crippen LogP contribution in [-0.4, -0.2) is 20.9 Å². The van der Waals surface area contributed by atoms with Crippen molar-refractivity contribution in [2.24, 2.45) is 0 Å². The van der Waals surface area contributed by atoms with Crippen LogP contribution in [0.2, 0.25) is 15.1 Å². The molecule has 1 amide bonds. The van der Waals surface area contributed by atoms with Gasteiger partial charge in [-0.3, -0.25) is 15.6 Å². The van der Waals surface area contributed by atoms with Gasteiger partial charge in [0.25, 0.3) is 5.91 Å². The van der Waals surface area contributed by atoms with Gasteiger partial charge in [0.2, 0.25) is 10.0 Å². The Hall–Kier alpha value is -1.51. The van der Waals surface area contributed by atoms with Crippen molar-refractivity contribution >= 4 is 56.4 Å². The number of amides is 1. The molecule has 0 saturated heterocycles. The topological polar surface area (TPSA) is 87.3 Å². The quantitative estimate of drug-likeness (QED) is 0.619. The molecule has 0 fully saturated rings. The Morgan fingerprint density at radius 1 is 1.08 bits per heavy atom. The Kier molecular flexibility index (Phi) is 6.53. The van der Waals surface area contributed by atoms with E-state index in [1.807, 2.05) is 0 Å². The number of benzene rings is 2. The number of nitrogens with one attached hydrogen (secondary N) is 3. The lowest BCUT2D eigenvalue weighted by molar-refractivity contribution is 0.0962. The van der Waals surface area contributed by atoms with Crippen molar-refractivity contribution in [1.82, 2.24) is 10.1 Å². The minimum absolute atomic E-state index is 0.00967. The fraction of sp³-hybridized carbons (Fsp3) is 0.133. The van der Waals surface area contributed by atoms with Crippen molar-refractivity contribution in [2.45, 2.75) is 11.8 Å². The first-order valence-electron chi connectivity index (χ1n) is 7.05. The van der Waals surface area contributed by atoms with E-state index in [0.29, 0.717) is 5.02 Å². The van der Waals surface area contributed by atoms with Crippen LogP contribution in [0.4, 0.5) is 5.69 Å². The number of carbonyl (C=O) groups is 1. The molecular formula is C15H14Cl3N3O3S. The molecule has 0 spiro atoms. The highest BCUT2D eigenvalue weighted by molar-refractivity contribution is 7.89. The molecule has 0 radical (unpaired) electrons. The summed E-state index contributed by atoms with van der Waals surface area (Å²) in [5, 5.41) is 0.802. The molecule has 6 nitrogen and oxygen atoms in total. The van der Waals surface area contributed by atoms with E-state index in [1.54, 1.807) is 6.92 Å². The number of hydrogen-bond acceptors (Lipinski definition) is 4. The van der Waals surface area contributed by atoms with Crippen LogP contribution >= 0.6 is 34.8 Å². The molecule has 0 bridgehead atoms. The highest BCUT2D eigenvalue weighted by Crippen LogP contribution is 2.33. The summed E-state index contributed by atoms with van der Waals surface area (Å²) in [6, 6.07) is 8.55. The van der Waals surface area contributed by atoms with Gasteiger partial charge in [-0.25, -0.2) is 13.1 Å². The van der Waals surface area contributed by atoms with Crippen LogP contribution in [0, 0.1) is 0 Å². The lowest BCUT2D eigenvalue weighted by atomic mass is 10.2. The zero-order valence-electron chi connectivity index (χ0n) is 12.9. The van der Waals surface area contributed by atoms with Gasteiger partial charge in [-0.05, 0) is 30.3 Å². The molecule has 2 aromatic carbocycles. The van der Waals surface area contributed by atoms with Crippen LogP contribution in [0.15, 0.2) is 41.3 Å². The van der Waals surface area contributed by atoms with E-state index in [1.165, 1.54) is 36.4 Å². The van der Waals surface area contributed by atoms with Gasteiger partial charge in [0.15, 0.2) is 0 Å². The number of anilines is 1.